The van der Waals surface area contributed by atoms with E-state index in [1.807, 2.05) is 57.2 Å². The van der Waals surface area contributed by atoms with Crippen molar-refractivity contribution in [3.63, 3.8) is 0 Å². The van der Waals surface area contributed by atoms with Crippen LogP contribution in [-0.2, 0) is 11.4 Å². The molecule has 1 aromatic heterocycles. The van der Waals surface area contributed by atoms with Crippen LogP contribution in [0.2, 0.25) is 5.02 Å². The third-order valence-corrected chi connectivity index (χ3v) is 8.90. The van der Waals surface area contributed by atoms with Crippen molar-refractivity contribution in [1.82, 2.24) is 9.47 Å². The first-order valence-electron chi connectivity index (χ1n) is 13.4. The normalized spacial score (nSPS) is 14.9. The van der Waals surface area contributed by atoms with Gasteiger partial charge in [0, 0.05) is 18.1 Å². The lowest BCUT2D eigenvalue weighted by Crippen LogP contribution is -2.43. The lowest BCUT2D eigenvalue weighted by atomic mass is 9.94. The summed E-state index contributed by atoms with van der Waals surface area (Å²) in [5.41, 5.74) is 3.25. The summed E-state index contributed by atoms with van der Waals surface area (Å²) in [5, 5.41) is 0.569. The van der Waals surface area contributed by atoms with Crippen LogP contribution in [0.15, 0.2) is 92.3 Å². The maximum atomic E-state index is 13.9. The summed E-state index contributed by atoms with van der Waals surface area (Å²) in [6.45, 7) is 7.06. The average Bonchev–Trinajstić information content (AvgIpc) is 3.27. The maximum absolute atomic E-state index is 13.9. The Hall–Kier alpha value is -3.53. The molecule has 5 rings (SSSR count). The fourth-order valence-electron chi connectivity index (χ4n) is 4.85. The van der Waals surface area contributed by atoms with Gasteiger partial charge in [-0.3, -0.25) is 14.2 Å². The minimum absolute atomic E-state index is 0.143. The Labute approximate surface area is 260 Å². The van der Waals surface area contributed by atoms with E-state index in [0.717, 1.165) is 16.7 Å². The number of halogens is 3. The zero-order chi connectivity index (χ0) is 30.0. The lowest BCUT2D eigenvalue weighted by Gasteiger charge is -2.29. The molecule has 4 aromatic rings. The molecular formula is C32H28BrClFN3O3S. The van der Waals surface area contributed by atoms with Gasteiger partial charge in [0.25, 0.3) is 11.5 Å². The van der Waals surface area contributed by atoms with E-state index in [1.54, 1.807) is 33.7 Å². The number of hydrogen-bond acceptors (Lipinski definition) is 5. The standard InChI is InChI=1S/C32H28BrClFN3O3S/c1-4-37(5-2)31(40)28-19(3)36-32-38(29(28)22-9-11-23(34)12-10-22)30(39)27(42-32)17-21-8-15-26(25(33)16-21)41-18-20-6-13-24(35)14-7-20/h6-17,29H,4-5,18H2,1-3H3/b27-17+/t29-/m1/s1. The first-order chi connectivity index (χ1) is 20.2. The lowest BCUT2D eigenvalue weighted by molar-refractivity contribution is -0.127. The van der Waals surface area contributed by atoms with E-state index < -0.39 is 6.04 Å². The summed E-state index contributed by atoms with van der Waals surface area (Å²) < 4.78 is 21.9. The fraction of sp³-hybridized carbons (Fsp3) is 0.219. The molecular weight excluding hydrogens is 641 g/mol. The van der Waals surface area contributed by atoms with E-state index in [-0.39, 0.29) is 23.9 Å². The minimum Gasteiger partial charge on any atom is -0.488 e. The number of nitrogens with zero attached hydrogens (tertiary/aromatic N) is 3. The van der Waals surface area contributed by atoms with Gasteiger partial charge in [-0.2, -0.15) is 0 Å². The second-order valence-electron chi connectivity index (χ2n) is 9.72. The summed E-state index contributed by atoms with van der Waals surface area (Å²) in [7, 11) is 0. The summed E-state index contributed by atoms with van der Waals surface area (Å²) >= 11 is 11.0. The number of hydrogen-bond donors (Lipinski definition) is 0. The number of rotatable bonds is 8. The average molecular weight is 669 g/mol. The molecule has 0 aliphatic carbocycles. The second-order valence-corrected chi connectivity index (χ2v) is 12.0. The third-order valence-electron chi connectivity index (χ3n) is 7.05. The number of amides is 1. The molecule has 1 atom stereocenters. The number of allylic oxidation sites excluding steroid dienone is 1. The highest BCUT2D eigenvalue weighted by Gasteiger charge is 2.34. The van der Waals surface area contributed by atoms with Gasteiger partial charge in [0.05, 0.1) is 26.3 Å². The minimum atomic E-state index is -0.636. The van der Waals surface area contributed by atoms with E-state index in [9.17, 15) is 14.0 Å². The highest BCUT2D eigenvalue weighted by molar-refractivity contribution is 9.10. The van der Waals surface area contributed by atoms with Gasteiger partial charge in [-0.25, -0.2) is 9.38 Å². The van der Waals surface area contributed by atoms with Crippen LogP contribution >= 0.6 is 38.9 Å². The molecule has 2 heterocycles. The summed E-state index contributed by atoms with van der Waals surface area (Å²) in [4.78, 5) is 34.6. The van der Waals surface area contributed by atoms with E-state index in [0.29, 0.717) is 48.9 Å². The van der Waals surface area contributed by atoms with Crippen LogP contribution < -0.4 is 19.6 Å². The fourth-order valence-corrected chi connectivity index (χ4v) is 6.54. The van der Waals surface area contributed by atoms with E-state index in [4.69, 9.17) is 21.3 Å². The molecule has 42 heavy (non-hydrogen) atoms. The van der Waals surface area contributed by atoms with Crippen LogP contribution in [0.1, 0.15) is 43.5 Å². The Balaban J connectivity index is 1.53. The van der Waals surface area contributed by atoms with Gasteiger partial charge in [-0.05, 0) is 95.9 Å². The number of benzene rings is 3. The molecule has 216 valence electrons. The van der Waals surface area contributed by atoms with Crippen LogP contribution in [0.3, 0.4) is 0 Å². The molecule has 0 radical (unpaired) electrons. The molecule has 6 nitrogen and oxygen atoms in total. The van der Waals surface area contributed by atoms with E-state index >= 15 is 0 Å². The van der Waals surface area contributed by atoms with Gasteiger partial charge in [0.1, 0.15) is 18.2 Å². The second kappa shape index (κ2) is 12.8. The number of likely N-dealkylation sites (N-methyl/N-ethyl adjacent to an activating group) is 1. The number of carbonyl (C=O) groups is 1. The zero-order valence-electron chi connectivity index (χ0n) is 23.2. The molecule has 1 amide bonds. The monoisotopic (exact) mass is 667 g/mol. The SMILES string of the molecule is CCN(CC)C(=O)C1=C(C)N=c2s/c(=C/c3ccc(OCc4ccc(F)cc4)c(Br)c3)c(=O)n2[C@@H]1c1ccc(Cl)cc1. The molecule has 0 saturated carbocycles. The first-order valence-corrected chi connectivity index (χ1v) is 15.4. The predicted molar refractivity (Wildman–Crippen MR) is 168 cm³/mol. The van der Waals surface area contributed by atoms with Gasteiger partial charge in [-0.1, -0.05) is 53.3 Å². The van der Waals surface area contributed by atoms with Crippen LogP contribution in [0, 0.1) is 5.82 Å². The van der Waals surface area contributed by atoms with Crippen LogP contribution in [0.4, 0.5) is 4.39 Å². The maximum Gasteiger partial charge on any atom is 0.271 e. The van der Waals surface area contributed by atoms with Crippen LogP contribution in [-0.4, -0.2) is 28.5 Å². The molecule has 1 aliphatic heterocycles. The van der Waals surface area contributed by atoms with Crippen LogP contribution in [0.25, 0.3) is 6.08 Å². The van der Waals surface area contributed by atoms with Crippen molar-refractivity contribution in [2.24, 2.45) is 4.99 Å². The first kappa shape index (κ1) is 29.9. The van der Waals surface area contributed by atoms with Crippen LogP contribution in [0.5, 0.6) is 5.75 Å². The largest absolute Gasteiger partial charge is 0.488 e. The number of thiazole rings is 1. The predicted octanol–water partition coefficient (Wildman–Crippen LogP) is 6.24. The Morgan fingerprint density at radius 3 is 2.45 bits per heavy atom. The van der Waals surface area contributed by atoms with Crippen molar-refractivity contribution in [3.8, 4) is 5.75 Å². The molecule has 0 saturated heterocycles. The quantitative estimate of drug-likeness (QED) is 0.224. The smallest absolute Gasteiger partial charge is 0.271 e. The summed E-state index contributed by atoms with van der Waals surface area (Å²) in [5.74, 6) is 0.183. The number of carbonyl (C=O) groups excluding carboxylic acids is 1. The Kier molecular flexibility index (Phi) is 9.11. The van der Waals surface area contributed by atoms with E-state index in [1.165, 1.54) is 23.5 Å². The number of fused-ring (bicyclic) bond motifs is 1. The third kappa shape index (κ3) is 6.14. The van der Waals surface area contributed by atoms with Crippen molar-refractivity contribution in [2.45, 2.75) is 33.4 Å². The number of aromatic nitrogens is 1. The summed E-state index contributed by atoms with van der Waals surface area (Å²) in [6, 6.07) is 18.3. The van der Waals surface area contributed by atoms with Crippen molar-refractivity contribution in [2.75, 3.05) is 13.1 Å². The highest BCUT2D eigenvalue weighted by atomic mass is 79.9. The van der Waals surface area contributed by atoms with E-state index in [2.05, 4.69) is 15.9 Å². The Bertz CT molecular complexity index is 1850. The van der Waals surface area contributed by atoms with Crippen molar-refractivity contribution >= 4 is 50.9 Å². The molecule has 3 aromatic carbocycles. The van der Waals surface area contributed by atoms with Gasteiger partial charge in [-0.15, -0.1) is 0 Å². The molecule has 10 heteroatoms. The molecule has 0 unspecified atom stereocenters. The van der Waals surface area contributed by atoms with Gasteiger partial charge < -0.3 is 9.64 Å². The van der Waals surface area contributed by atoms with Crippen molar-refractivity contribution in [1.29, 1.82) is 0 Å². The molecule has 0 bridgehead atoms. The Morgan fingerprint density at radius 2 is 1.81 bits per heavy atom. The Morgan fingerprint density at radius 1 is 1.12 bits per heavy atom. The molecule has 0 spiro atoms. The highest BCUT2D eigenvalue weighted by Crippen LogP contribution is 2.32. The van der Waals surface area contributed by atoms with Gasteiger partial charge in [0.15, 0.2) is 4.80 Å². The van der Waals surface area contributed by atoms with Crippen molar-refractivity contribution in [3.05, 3.63) is 130 Å². The molecule has 0 fully saturated rings. The molecule has 1 aliphatic rings. The zero-order valence-corrected chi connectivity index (χ0v) is 26.4. The topological polar surface area (TPSA) is 63.9 Å². The molecule has 0 N–H and O–H groups in total. The van der Waals surface area contributed by atoms with Gasteiger partial charge in [0.2, 0.25) is 0 Å². The summed E-state index contributed by atoms with van der Waals surface area (Å²) in [6.07, 6.45) is 1.81. The van der Waals surface area contributed by atoms with Gasteiger partial charge >= 0.3 is 0 Å². The number of ether oxygens (including phenoxy) is 1. The van der Waals surface area contributed by atoms with Crippen molar-refractivity contribution < 1.29 is 13.9 Å².